The van der Waals surface area contributed by atoms with E-state index in [-0.39, 0.29) is 0 Å². The highest BCUT2D eigenvalue weighted by Crippen LogP contribution is 2.34. The van der Waals surface area contributed by atoms with Gasteiger partial charge >= 0.3 is 0 Å². The summed E-state index contributed by atoms with van der Waals surface area (Å²) >= 11 is 0. The number of allylic oxidation sites excluding steroid dienone is 4. The second kappa shape index (κ2) is 9.13. The summed E-state index contributed by atoms with van der Waals surface area (Å²) in [6.07, 6.45) is 4.74. The molecule has 0 radical (unpaired) electrons. The molecule has 152 valence electrons. The Hall–Kier alpha value is -3.12. The highest BCUT2D eigenvalue weighted by molar-refractivity contribution is 5.82. The molecule has 3 rings (SSSR count). The quantitative estimate of drug-likeness (QED) is 0.290. The van der Waals surface area contributed by atoms with Crippen molar-refractivity contribution in [2.45, 2.75) is 41.0 Å². The zero-order valence-electron chi connectivity index (χ0n) is 19.0. The lowest BCUT2D eigenvalue weighted by Crippen LogP contribution is -1.93. The maximum Gasteiger partial charge on any atom is -0.00916 e. The Balaban J connectivity index is 2.32. The first kappa shape index (κ1) is 21.6. The van der Waals surface area contributed by atoms with Gasteiger partial charge in [0.2, 0.25) is 0 Å². The lowest BCUT2D eigenvalue weighted by Gasteiger charge is -2.16. The van der Waals surface area contributed by atoms with Gasteiger partial charge in [0.15, 0.2) is 0 Å². The molecule has 0 aromatic heterocycles. The summed E-state index contributed by atoms with van der Waals surface area (Å²) in [6, 6.07) is 20.5. The van der Waals surface area contributed by atoms with Crippen LogP contribution in [0.25, 0.3) is 27.8 Å². The van der Waals surface area contributed by atoms with Crippen molar-refractivity contribution in [3.63, 3.8) is 0 Å². The molecule has 3 aromatic rings. The summed E-state index contributed by atoms with van der Waals surface area (Å²) in [6.45, 7) is 18.8. The molecule has 0 saturated carbocycles. The Morgan fingerprint density at radius 3 is 1.40 bits per heavy atom. The summed E-state index contributed by atoms with van der Waals surface area (Å²) in [5, 5.41) is 0. The largest absolute Gasteiger partial charge is 0.103 e. The zero-order chi connectivity index (χ0) is 21.8. The second-order valence-electron chi connectivity index (χ2n) is 8.41. The fourth-order valence-electron chi connectivity index (χ4n) is 4.19. The fraction of sp³-hybridized carbons (Fsp3) is 0.200. The topological polar surface area (TPSA) is 0 Å². The smallest absolute Gasteiger partial charge is 0.00916 e. The van der Waals surface area contributed by atoms with Crippen LogP contribution in [0.15, 0.2) is 85.5 Å². The molecular formula is C30H32. The maximum absolute atomic E-state index is 4.00. The van der Waals surface area contributed by atoms with Crippen LogP contribution in [0.5, 0.6) is 0 Å². The van der Waals surface area contributed by atoms with Gasteiger partial charge in [-0.1, -0.05) is 77.4 Å². The molecule has 3 aromatic carbocycles. The van der Waals surface area contributed by atoms with E-state index in [4.69, 9.17) is 0 Å². The predicted octanol–water partition coefficient (Wildman–Crippen LogP) is 8.79. The summed E-state index contributed by atoms with van der Waals surface area (Å²) in [4.78, 5) is 0. The van der Waals surface area contributed by atoms with E-state index in [2.05, 4.69) is 102 Å². The van der Waals surface area contributed by atoms with Crippen LogP contribution in [0, 0.1) is 27.7 Å². The Kier molecular flexibility index (Phi) is 6.57. The minimum absolute atomic E-state index is 0.820. The first-order valence-electron chi connectivity index (χ1n) is 10.6. The normalized spacial score (nSPS) is 11.8. The lowest BCUT2D eigenvalue weighted by atomic mass is 9.89. The first-order chi connectivity index (χ1) is 14.3. The van der Waals surface area contributed by atoms with Gasteiger partial charge < -0.3 is 0 Å². The van der Waals surface area contributed by atoms with Crippen molar-refractivity contribution in [3.8, 4) is 22.3 Å². The molecule has 0 saturated heterocycles. The van der Waals surface area contributed by atoms with Gasteiger partial charge in [0.25, 0.3) is 0 Å². The van der Waals surface area contributed by atoms with Crippen LogP contribution in [0.2, 0.25) is 0 Å². The average molecular weight is 393 g/mol. The zero-order valence-corrected chi connectivity index (χ0v) is 19.0. The molecule has 0 N–H and O–H groups in total. The summed E-state index contributed by atoms with van der Waals surface area (Å²) in [7, 11) is 0. The van der Waals surface area contributed by atoms with E-state index in [1.807, 2.05) is 12.2 Å². The van der Waals surface area contributed by atoms with E-state index >= 15 is 0 Å². The highest BCUT2D eigenvalue weighted by Gasteiger charge is 2.11. The van der Waals surface area contributed by atoms with E-state index < -0.39 is 0 Å². The van der Waals surface area contributed by atoms with Gasteiger partial charge in [-0.25, -0.2) is 0 Å². The SMILES string of the molecule is C=CC/C(=C(\C)C=C)c1cc(-c2cc(C)cc(C)c2)cc(-c2cc(C)cc(C)c2)c1. The van der Waals surface area contributed by atoms with E-state index in [9.17, 15) is 0 Å². The third-order valence-electron chi connectivity index (χ3n) is 5.52. The van der Waals surface area contributed by atoms with Crippen LogP contribution in [0.1, 0.15) is 41.2 Å². The fourth-order valence-corrected chi connectivity index (χ4v) is 4.19. The minimum atomic E-state index is 0.820. The molecule has 0 fully saturated rings. The third-order valence-corrected chi connectivity index (χ3v) is 5.52. The highest BCUT2D eigenvalue weighted by atomic mass is 14.2. The molecule has 0 nitrogen and oxygen atoms in total. The number of hydrogen-bond acceptors (Lipinski definition) is 0. The van der Waals surface area contributed by atoms with Crippen molar-refractivity contribution in [1.82, 2.24) is 0 Å². The van der Waals surface area contributed by atoms with Crippen molar-refractivity contribution < 1.29 is 0 Å². The average Bonchev–Trinajstić information content (AvgIpc) is 2.69. The number of benzene rings is 3. The molecule has 0 heteroatoms. The van der Waals surface area contributed by atoms with Gasteiger partial charge in [-0.05, 0) is 98.2 Å². The summed E-state index contributed by atoms with van der Waals surface area (Å²) in [5.74, 6) is 0. The Morgan fingerprint density at radius 1 is 0.633 bits per heavy atom. The van der Waals surface area contributed by atoms with E-state index in [1.54, 1.807) is 0 Å². The van der Waals surface area contributed by atoms with E-state index in [0.717, 1.165) is 6.42 Å². The molecule has 0 aliphatic carbocycles. The lowest BCUT2D eigenvalue weighted by molar-refractivity contribution is 1.34. The minimum Gasteiger partial charge on any atom is -0.103 e. The first-order valence-corrected chi connectivity index (χ1v) is 10.6. The van der Waals surface area contributed by atoms with E-state index in [0.29, 0.717) is 0 Å². The second-order valence-corrected chi connectivity index (χ2v) is 8.41. The van der Waals surface area contributed by atoms with Crippen LogP contribution in [0.3, 0.4) is 0 Å². The van der Waals surface area contributed by atoms with Gasteiger partial charge in [0.05, 0.1) is 0 Å². The summed E-state index contributed by atoms with van der Waals surface area (Å²) in [5.41, 5.74) is 13.8. The molecular weight excluding hydrogens is 360 g/mol. The van der Waals surface area contributed by atoms with E-state index in [1.165, 1.54) is 61.2 Å². The Labute approximate surface area is 182 Å². The molecule has 0 aliphatic heterocycles. The predicted molar refractivity (Wildman–Crippen MR) is 134 cm³/mol. The van der Waals surface area contributed by atoms with Gasteiger partial charge in [-0.15, -0.1) is 6.58 Å². The van der Waals surface area contributed by atoms with Crippen LogP contribution in [-0.4, -0.2) is 0 Å². The van der Waals surface area contributed by atoms with Crippen molar-refractivity contribution in [3.05, 3.63) is 113 Å². The molecule has 0 bridgehead atoms. The van der Waals surface area contributed by atoms with Gasteiger partial charge in [-0.2, -0.15) is 0 Å². The maximum atomic E-state index is 4.00. The third kappa shape index (κ3) is 4.89. The molecule has 0 unspecified atom stereocenters. The van der Waals surface area contributed by atoms with Crippen molar-refractivity contribution in [1.29, 1.82) is 0 Å². The van der Waals surface area contributed by atoms with Crippen LogP contribution in [0.4, 0.5) is 0 Å². The number of aryl methyl sites for hydroxylation is 4. The van der Waals surface area contributed by atoms with Crippen molar-refractivity contribution in [2.75, 3.05) is 0 Å². The molecule has 0 aliphatic rings. The Morgan fingerprint density at radius 2 is 1.03 bits per heavy atom. The monoisotopic (exact) mass is 392 g/mol. The number of rotatable bonds is 6. The van der Waals surface area contributed by atoms with Gasteiger partial charge in [-0.3, -0.25) is 0 Å². The number of hydrogen-bond donors (Lipinski definition) is 0. The molecule has 0 heterocycles. The molecule has 0 spiro atoms. The molecule has 30 heavy (non-hydrogen) atoms. The Bertz CT molecular complexity index is 1030. The van der Waals surface area contributed by atoms with Crippen LogP contribution >= 0.6 is 0 Å². The van der Waals surface area contributed by atoms with Crippen molar-refractivity contribution >= 4 is 5.57 Å². The van der Waals surface area contributed by atoms with Crippen LogP contribution in [-0.2, 0) is 0 Å². The molecule has 0 atom stereocenters. The van der Waals surface area contributed by atoms with Gasteiger partial charge in [0.1, 0.15) is 0 Å². The van der Waals surface area contributed by atoms with Crippen molar-refractivity contribution in [2.24, 2.45) is 0 Å². The van der Waals surface area contributed by atoms with Gasteiger partial charge in [0, 0.05) is 0 Å². The summed E-state index contributed by atoms with van der Waals surface area (Å²) < 4.78 is 0. The van der Waals surface area contributed by atoms with Crippen LogP contribution < -0.4 is 0 Å². The molecule has 0 amide bonds. The standard InChI is InChI=1S/C30H32/c1-8-10-30(24(7)9-2)29-18-27(25-13-20(3)11-21(4)14-25)17-28(19-29)26-15-22(5)12-23(6)16-26/h8-9,11-19H,1-2,10H2,3-7H3/b30-24-.